The van der Waals surface area contributed by atoms with Gasteiger partial charge in [-0.25, -0.2) is 0 Å². The van der Waals surface area contributed by atoms with E-state index >= 15 is 0 Å². The van der Waals surface area contributed by atoms with Gasteiger partial charge in [0, 0.05) is 14.4 Å². The lowest BCUT2D eigenvalue weighted by atomic mass is 9.92. The molecule has 110 valence electrons. The Morgan fingerprint density at radius 2 is 1.63 bits per heavy atom. The number of rotatable bonds is 3. The molecule has 0 bridgehead atoms. The van der Waals surface area contributed by atoms with E-state index in [1.807, 2.05) is 12.1 Å². The third kappa shape index (κ3) is 10.3. The molecule has 0 radical (unpaired) electrons. The molecule has 1 rings (SSSR count). The molecule has 2 heteroatoms. The van der Waals surface area contributed by atoms with E-state index in [0.29, 0.717) is 13.0 Å². The molecule has 1 aromatic rings. The second-order valence-corrected chi connectivity index (χ2v) is 6.21. The molecule has 0 heterocycles. The number of benzene rings is 1. The van der Waals surface area contributed by atoms with E-state index in [1.165, 1.54) is 12.0 Å². The highest BCUT2D eigenvalue weighted by atomic mass is 16.1. The quantitative estimate of drug-likeness (QED) is 0.842. The Kier molecular flexibility index (Phi) is 8.13. The van der Waals surface area contributed by atoms with E-state index < -0.39 is 0 Å². The minimum atomic E-state index is 0. The Morgan fingerprint density at radius 1 is 1.16 bits per heavy atom. The Balaban J connectivity index is 0. The van der Waals surface area contributed by atoms with Crippen LogP contribution in [0, 0.1) is 12.3 Å². The summed E-state index contributed by atoms with van der Waals surface area (Å²) in [5.41, 5.74) is 2.44. The molecule has 0 unspecified atom stereocenters. The highest BCUT2D eigenvalue weighted by molar-refractivity contribution is 5.76. The molecule has 0 aromatic heterocycles. The predicted molar refractivity (Wildman–Crippen MR) is 85.2 cm³/mol. The van der Waals surface area contributed by atoms with Crippen molar-refractivity contribution in [3.63, 3.8) is 0 Å². The molecule has 0 aliphatic heterocycles. The Hall–Kier alpha value is -1.31. The highest BCUT2D eigenvalue weighted by Crippen LogP contribution is 2.17. The van der Waals surface area contributed by atoms with Gasteiger partial charge in [-0.3, -0.25) is 4.79 Å². The maximum atomic E-state index is 11.6. The first-order chi connectivity index (χ1) is 8.78. The number of hydrogen-bond donors (Lipinski definition) is 1. The largest absolute Gasteiger partial charge is 0.352 e. The number of amides is 1. The topological polar surface area (TPSA) is 29.1 Å². The van der Waals surface area contributed by atoms with Crippen LogP contribution in [0.3, 0.4) is 0 Å². The lowest BCUT2D eigenvalue weighted by Crippen LogP contribution is -2.27. The number of carbonyl (C=O) groups excluding carboxylic acids is 1. The summed E-state index contributed by atoms with van der Waals surface area (Å²) >= 11 is 0. The second-order valence-electron chi connectivity index (χ2n) is 6.21. The first-order valence-corrected chi connectivity index (χ1v) is 7.10. The number of nitrogens with one attached hydrogen (secondary N) is 1. The van der Waals surface area contributed by atoms with Crippen molar-refractivity contribution >= 4 is 5.91 Å². The van der Waals surface area contributed by atoms with Crippen LogP contribution >= 0.6 is 0 Å². The van der Waals surface area contributed by atoms with E-state index in [0.717, 1.165) is 5.56 Å². The van der Waals surface area contributed by atoms with Gasteiger partial charge in [-0.2, -0.15) is 0 Å². The van der Waals surface area contributed by atoms with Crippen molar-refractivity contribution in [1.29, 1.82) is 0 Å². The fraction of sp³-hybridized carbons (Fsp3) is 0.588. The van der Waals surface area contributed by atoms with Crippen LogP contribution < -0.4 is 5.32 Å². The number of hydrogen-bond acceptors (Lipinski definition) is 1. The van der Waals surface area contributed by atoms with Crippen molar-refractivity contribution in [2.75, 3.05) is 0 Å². The van der Waals surface area contributed by atoms with E-state index in [1.54, 1.807) is 0 Å². The minimum absolute atomic E-state index is 0. The summed E-state index contributed by atoms with van der Waals surface area (Å²) in [4.78, 5) is 11.6. The molecule has 1 aromatic carbocycles. The summed E-state index contributed by atoms with van der Waals surface area (Å²) in [5, 5.41) is 2.94. The minimum Gasteiger partial charge on any atom is -0.352 e. The maximum Gasteiger partial charge on any atom is 0.220 e. The van der Waals surface area contributed by atoms with Crippen molar-refractivity contribution < 1.29 is 6.22 Å². The summed E-state index contributed by atoms with van der Waals surface area (Å²) in [6.07, 6.45) is 1.82. The lowest BCUT2D eigenvalue weighted by Gasteiger charge is -2.17. The zero-order valence-corrected chi connectivity index (χ0v) is 13.3. The molecule has 1 amide bonds. The van der Waals surface area contributed by atoms with Crippen LogP contribution in [0.1, 0.15) is 60.0 Å². The van der Waals surface area contributed by atoms with E-state index in [2.05, 4.69) is 59.0 Å². The lowest BCUT2D eigenvalue weighted by molar-refractivity contribution is -0.122. The summed E-state index contributed by atoms with van der Waals surface area (Å²) in [6.45, 7) is 13.1. The van der Waals surface area contributed by atoms with Gasteiger partial charge >= 0.3 is 0 Å². The van der Waals surface area contributed by atoms with Gasteiger partial charge in [0.2, 0.25) is 5.91 Å². The Morgan fingerprint density at radius 3 is 2.05 bits per heavy atom. The molecule has 0 atom stereocenters. The molecule has 2 nitrogen and oxygen atoms in total. The van der Waals surface area contributed by atoms with Gasteiger partial charge in [0.25, 0.3) is 0 Å². The Bertz CT molecular complexity index is 366. The molecule has 0 fully saturated rings. The van der Waals surface area contributed by atoms with Gasteiger partial charge in [-0.1, -0.05) is 70.9 Å². The molecule has 0 aliphatic rings. The van der Waals surface area contributed by atoms with Gasteiger partial charge < -0.3 is 5.32 Å². The first kappa shape index (κ1) is 17.7. The van der Waals surface area contributed by atoms with Gasteiger partial charge in [0.1, 0.15) is 0 Å². The average molecular weight is 265 g/mol. The summed E-state index contributed by atoms with van der Waals surface area (Å²) in [7, 11) is 0. The number of carbonyl (C=O) groups is 1. The van der Waals surface area contributed by atoms with Crippen LogP contribution in [0.5, 0.6) is 0 Å². The zero-order valence-electron chi connectivity index (χ0n) is 13.3. The first-order valence-electron chi connectivity index (χ1n) is 7.10. The van der Waals surface area contributed by atoms with Crippen molar-refractivity contribution in [3.8, 4) is 0 Å². The van der Waals surface area contributed by atoms with Crippen LogP contribution in [0.15, 0.2) is 24.3 Å². The smallest absolute Gasteiger partial charge is 0.220 e. The van der Waals surface area contributed by atoms with E-state index in [4.69, 9.17) is 0 Å². The third-order valence-electron chi connectivity index (χ3n) is 2.30. The molecule has 19 heavy (non-hydrogen) atoms. The fourth-order valence-electron chi connectivity index (χ4n) is 1.45. The Labute approximate surface area is 120 Å². The van der Waals surface area contributed by atoms with Crippen molar-refractivity contribution in [2.45, 2.75) is 60.9 Å². The molecule has 0 spiro atoms. The number of aryl methyl sites for hydroxylation is 1. The molecule has 0 saturated heterocycles. The van der Waals surface area contributed by atoms with Crippen molar-refractivity contribution in [3.05, 3.63) is 35.4 Å². The van der Waals surface area contributed by atoms with Gasteiger partial charge in [0.15, 0.2) is 0 Å². The normalized spacial score (nSPS) is 10.4. The maximum absolute atomic E-state index is 11.6. The molecular weight excluding hydrogens is 234 g/mol. The van der Waals surface area contributed by atoms with Crippen LogP contribution in [0.2, 0.25) is 0 Å². The predicted octanol–water partition coefficient (Wildman–Crippen LogP) is 4.71. The third-order valence-corrected chi connectivity index (χ3v) is 2.30. The van der Waals surface area contributed by atoms with Crippen LogP contribution in [-0.2, 0) is 11.3 Å². The van der Waals surface area contributed by atoms with E-state index in [9.17, 15) is 4.79 Å². The summed E-state index contributed by atoms with van der Waals surface area (Å²) in [6, 6.07) is 8.22. The van der Waals surface area contributed by atoms with Gasteiger partial charge in [-0.05, 0) is 17.9 Å². The molecule has 1 N–H and O–H groups in total. The average Bonchev–Trinajstić information content (AvgIpc) is 2.27. The fourth-order valence-corrected chi connectivity index (χ4v) is 1.45. The van der Waals surface area contributed by atoms with Gasteiger partial charge in [-0.15, -0.1) is 0 Å². The van der Waals surface area contributed by atoms with Crippen LogP contribution in [0.4, 0.5) is 0 Å². The monoisotopic (exact) mass is 265 g/mol. The second kappa shape index (κ2) is 8.73. The molecular formula is C17H31NO. The zero-order chi connectivity index (χ0) is 14.9. The van der Waals surface area contributed by atoms with E-state index in [-0.39, 0.29) is 12.7 Å². The van der Waals surface area contributed by atoms with Crippen LogP contribution in [-0.4, -0.2) is 5.91 Å². The van der Waals surface area contributed by atoms with Crippen molar-refractivity contribution in [1.82, 2.24) is 5.32 Å². The van der Waals surface area contributed by atoms with Crippen molar-refractivity contribution in [2.24, 2.45) is 5.41 Å². The highest BCUT2D eigenvalue weighted by Gasteiger charge is 2.15. The van der Waals surface area contributed by atoms with Gasteiger partial charge in [0.05, 0.1) is 0 Å². The van der Waals surface area contributed by atoms with Crippen LogP contribution in [0.25, 0.3) is 0 Å². The SMILES string of the molecule is CCC.Cc1ccc(CNC(=O)CC(C)(C)C)cc1.[HH]. The summed E-state index contributed by atoms with van der Waals surface area (Å²) < 4.78 is 0. The molecule has 0 saturated carbocycles. The standard InChI is InChI=1S/C14H21NO.C3H8.H2/c1-11-5-7-12(8-6-11)10-15-13(16)9-14(2,3)4;1-3-2;/h5-8H,9-10H2,1-4H3,(H,15,16);3H2,1-2H3;1H. The summed E-state index contributed by atoms with van der Waals surface area (Å²) in [5.74, 6) is 0.119. The molecule has 0 aliphatic carbocycles.